The predicted octanol–water partition coefficient (Wildman–Crippen LogP) is 3.20. The highest BCUT2D eigenvalue weighted by Crippen LogP contribution is 2.24. The number of hydrogen-bond acceptors (Lipinski definition) is 5. The number of amides is 1. The van der Waals surface area contributed by atoms with E-state index >= 15 is 0 Å². The van der Waals surface area contributed by atoms with E-state index in [1.807, 2.05) is 11.8 Å². The first kappa shape index (κ1) is 15.7. The van der Waals surface area contributed by atoms with E-state index < -0.39 is 0 Å². The van der Waals surface area contributed by atoms with Crippen molar-refractivity contribution < 1.29 is 4.79 Å². The van der Waals surface area contributed by atoms with Gasteiger partial charge < -0.3 is 10.2 Å². The van der Waals surface area contributed by atoms with Crippen LogP contribution in [0.2, 0.25) is 5.02 Å². The smallest absolute Gasteiger partial charge is 0.255 e. The molecule has 0 aliphatic carbocycles. The number of halogens is 1. The van der Waals surface area contributed by atoms with Crippen LogP contribution in [0.4, 0.5) is 11.5 Å². The third-order valence-electron chi connectivity index (χ3n) is 3.78. The van der Waals surface area contributed by atoms with Crippen molar-refractivity contribution in [1.82, 2.24) is 19.9 Å². The summed E-state index contributed by atoms with van der Waals surface area (Å²) in [4.78, 5) is 26.8. The molecule has 2 aromatic heterocycles. The SMILES string of the molecule is Cc1ncc(Nc2ncc(C(=O)N3CCCCC3)cc2Cl)cn1. The van der Waals surface area contributed by atoms with E-state index in [1.54, 1.807) is 24.7 Å². The van der Waals surface area contributed by atoms with Gasteiger partial charge in [-0.3, -0.25) is 4.79 Å². The van der Waals surface area contributed by atoms with Crippen LogP contribution in [0.5, 0.6) is 0 Å². The van der Waals surface area contributed by atoms with Gasteiger partial charge in [-0.2, -0.15) is 0 Å². The fourth-order valence-electron chi connectivity index (χ4n) is 2.52. The fourth-order valence-corrected chi connectivity index (χ4v) is 2.73. The molecule has 0 saturated carbocycles. The number of pyridine rings is 1. The second-order valence-corrected chi connectivity index (χ2v) is 5.96. The molecule has 0 unspecified atom stereocenters. The number of rotatable bonds is 3. The molecule has 1 amide bonds. The zero-order chi connectivity index (χ0) is 16.2. The Balaban J connectivity index is 1.74. The van der Waals surface area contributed by atoms with Crippen molar-refractivity contribution in [3.05, 3.63) is 41.1 Å². The van der Waals surface area contributed by atoms with Gasteiger partial charge in [-0.15, -0.1) is 0 Å². The Hall–Kier alpha value is -2.21. The zero-order valence-corrected chi connectivity index (χ0v) is 13.7. The number of hydrogen-bond donors (Lipinski definition) is 1. The highest BCUT2D eigenvalue weighted by Gasteiger charge is 2.19. The summed E-state index contributed by atoms with van der Waals surface area (Å²) in [5, 5.41) is 3.45. The monoisotopic (exact) mass is 331 g/mol. The summed E-state index contributed by atoms with van der Waals surface area (Å²) in [7, 11) is 0. The average Bonchev–Trinajstić information content (AvgIpc) is 2.59. The summed E-state index contributed by atoms with van der Waals surface area (Å²) < 4.78 is 0. The minimum absolute atomic E-state index is 0.00989. The topological polar surface area (TPSA) is 71.0 Å². The van der Waals surface area contributed by atoms with E-state index in [1.165, 1.54) is 6.42 Å². The van der Waals surface area contributed by atoms with Gasteiger partial charge in [-0.1, -0.05) is 11.6 Å². The van der Waals surface area contributed by atoms with Gasteiger partial charge in [0.15, 0.2) is 0 Å². The van der Waals surface area contributed by atoms with Crippen molar-refractivity contribution in [2.45, 2.75) is 26.2 Å². The highest BCUT2D eigenvalue weighted by atomic mass is 35.5. The van der Waals surface area contributed by atoms with Crippen LogP contribution in [-0.4, -0.2) is 38.8 Å². The number of anilines is 2. The Kier molecular flexibility index (Phi) is 4.71. The summed E-state index contributed by atoms with van der Waals surface area (Å²) in [6.07, 6.45) is 8.17. The van der Waals surface area contributed by atoms with Crippen molar-refractivity contribution in [2.24, 2.45) is 0 Å². The number of piperidine rings is 1. The van der Waals surface area contributed by atoms with Crippen LogP contribution in [-0.2, 0) is 0 Å². The normalized spacial score (nSPS) is 14.6. The minimum atomic E-state index is -0.00989. The van der Waals surface area contributed by atoms with E-state index in [2.05, 4.69) is 20.3 Å². The third-order valence-corrected chi connectivity index (χ3v) is 4.06. The fraction of sp³-hybridized carbons (Fsp3) is 0.375. The number of likely N-dealkylation sites (tertiary alicyclic amines) is 1. The Morgan fingerprint density at radius 3 is 2.48 bits per heavy atom. The molecule has 0 radical (unpaired) electrons. The van der Waals surface area contributed by atoms with Crippen molar-refractivity contribution in [3.63, 3.8) is 0 Å². The number of aryl methyl sites for hydroxylation is 1. The molecule has 1 aliphatic rings. The molecular formula is C16H18ClN5O. The number of nitrogens with one attached hydrogen (secondary N) is 1. The van der Waals surface area contributed by atoms with E-state index in [0.717, 1.165) is 25.9 Å². The van der Waals surface area contributed by atoms with E-state index in [0.29, 0.717) is 27.9 Å². The largest absolute Gasteiger partial charge is 0.339 e. The second kappa shape index (κ2) is 6.91. The Morgan fingerprint density at radius 2 is 1.83 bits per heavy atom. The maximum atomic E-state index is 12.4. The predicted molar refractivity (Wildman–Crippen MR) is 89.1 cm³/mol. The lowest BCUT2D eigenvalue weighted by molar-refractivity contribution is 0.0724. The van der Waals surface area contributed by atoms with Crippen LogP contribution in [0.1, 0.15) is 35.4 Å². The van der Waals surface area contributed by atoms with Crippen LogP contribution in [0.15, 0.2) is 24.7 Å². The number of carbonyl (C=O) groups is 1. The molecule has 1 aliphatic heterocycles. The Morgan fingerprint density at radius 1 is 1.13 bits per heavy atom. The van der Waals surface area contributed by atoms with Crippen molar-refractivity contribution >= 4 is 29.0 Å². The van der Waals surface area contributed by atoms with E-state index in [4.69, 9.17) is 11.6 Å². The summed E-state index contributed by atoms with van der Waals surface area (Å²) in [6.45, 7) is 3.42. The number of nitrogens with zero attached hydrogens (tertiary/aromatic N) is 4. The summed E-state index contributed by atoms with van der Waals surface area (Å²) in [5.41, 5.74) is 1.21. The van der Waals surface area contributed by atoms with Crippen LogP contribution in [0, 0.1) is 6.92 Å². The van der Waals surface area contributed by atoms with Gasteiger partial charge in [0.2, 0.25) is 0 Å². The first-order valence-corrected chi connectivity index (χ1v) is 8.02. The van der Waals surface area contributed by atoms with Crippen molar-refractivity contribution in [3.8, 4) is 0 Å². The molecule has 23 heavy (non-hydrogen) atoms. The van der Waals surface area contributed by atoms with Gasteiger partial charge in [0.25, 0.3) is 5.91 Å². The lowest BCUT2D eigenvalue weighted by atomic mass is 10.1. The van der Waals surface area contributed by atoms with Crippen molar-refractivity contribution in [2.75, 3.05) is 18.4 Å². The summed E-state index contributed by atoms with van der Waals surface area (Å²) in [5.74, 6) is 1.16. The lowest BCUT2D eigenvalue weighted by Crippen LogP contribution is -2.35. The molecule has 3 rings (SSSR count). The van der Waals surface area contributed by atoms with E-state index in [9.17, 15) is 4.79 Å². The Labute approximate surface area is 139 Å². The molecule has 0 aromatic carbocycles. The lowest BCUT2D eigenvalue weighted by Gasteiger charge is -2.26. The highest BCUT2D eigenvalue weighted by molar-refractivity contribution is 6.33. The average molecular weight is 332 g/mol. The first-order valence-electron chi connectivity index (χ1n) is 7.64. The third kappa shape index (κ3) is 3.76. The minimum Gasteiger partial charge on any atom is -0.339 e. The van der Waals surface area contributed by atoms with Gasteiger partial charge in [0.05, 0.1) is 28.7 Å². The first-order chi connectivity index (χ1) is 11.1. The van der Waals surface area contributed by atoms with Crippen LogP contribution in [0.25, 0.3) is 0 Å². The molecular weight excluding hydrogens is 314 g/mol. The molecule has 7 heteroatoms. The molecule has 120 valence electrons. The van der Waals surface area contributed by atoms with Crippen LogP contribution < -0.4 is 5.32 Å². The summed E-state index contributed by atoms with van der Waals surface area (Å²) in [6, 6.07) is 1.66. The van der Waals surface area contributed by atoms with Crippen LogP contribution >= 0.6 is 11.6 Å². The van der Waals surface area contributed by atoms with Crippen molar-refractivity contribution in [1.29, 1.82) is 0 Å². The molecule has 0 atom stereocenters. The second-order valence-electron chi connectivity index (χ2n) is 5.55. The Bertz CT molecular complexity index is 698. The summed E-state index contributed by atoms with van der Waals surface area (Å²) >= 11 is 6.26. The van der Waals surface area contributed by atoms with Gasteiger partial charge in [0.1, 0.15) is 11.6 Å². The molecule has 0 spiro atoms. The maximum Gasteiger partial charge on any atom is 0.255 e. The van der Waals surface area contributed by atoms with Gasteiger partial charge in [-0.25, -0.2) is 15.0 Å². The van der Waals surface area contributed by atoms with Gasteiger partial charge >= 0.3 is 0 Å². The molecule has 0 bridgehead atoms. The van der Waals surface area contributed by atoms with Gasteiger partial charge in [0, 0.05) is 19.3 Å². The molecule has 2 aromatic rings. The molecule has 1 saturated heterocycles. The molecule has 1 N–H and O–H groups in total. The molecule has 6 nitrogen and oxygen atoms in total. The number of carbonyl (C=O) groups excluding carboxylic acids is 1. The van der Waals surface area contributed by atoms with E-state index in [-0.39, 0.29) is 5.91 Å². The van der Waals surface area contributed by atoms with Crippen LogP contribution in [0.3, 0.4) is 0 Å². The van der Waals surface area contributed by atoms with Gasteiger partial charge in [-0.05, 0) is 32.3 Å². The standard InChI is InChI=1S/C16H18ClN5O/c1-11-18-9-13(10-19-11)21-15-14(17)7-12(8-20-15)16(23)22-5-3-2-4-6-22/h7-10H,2-6H2,1H3,(H,20,21). The molecule has 3 heterocycles. The quantitative estimate of drug-likeness (QED) is 0.935. The molecule has 1 fully saturated rings. The number of aromatic nitrogens is 3. The zero-order valence-electron chi connectivity index (χ0n) is 12.9. The maximum absolute atomic E-state index is 12.4.